The molecule has 86 valence electrons. The van der Waals surface area contributed by atoms with Gasteiger partial charge in [0.15, 0.2) is 0 Å². The van der Waals surface area contributed by atoms with E-state index in [0.29, 0.717) is 12.5 Å². The average Bonchev–Trinajstić information content (AvgIpc) is 2.13. The summed E-state index contributed by atoms with van der Waals surface area (Å²) in [5.41, 5.74) is 5.46. The fourth-order valence-electron chi connectivity index (χ4n) is 2.15. The van der Waals surface area contributed by atoms with Crippen molar-refractivity contribution in [3.8, 4) is 0 Å². The van der Waals surface area contributed by atoms with Gasteiger partial charge in [0, 0.05) is 11.0 Å². The van der Waals surface area contributed by atoms with Crippen molar-refractivity contribution in [3.05, 3.63) is 11.1 Å². The molecular formula is C11H19BrN2O. The fourth-order valence-corrected chi connectivity index (χ4v) is 2.29. The third-order valence-corrected chi connectivity index (χ3v) is 3.21. The lowest BCUT2D eigenvalue weighted by molar-refractivity contribution is -0.127. The van der Waals surface area contributed by atoms with Gasteiger partial charge < -0.3 is 11.1 Å². The van der Waals surface area contributed by atoms with Gasteiger partial charge in [-0.3, -0.25) is 4.79 Å². The van der Waals surface area contributed by atoms with E-state index < -0.39 is 5.54 Å². The summed E-state index contributed by atoms with van der Waals surface area (Å²) in [4.78, 5) is 11.9. The van der Waals surface area contributed by atoms with E-state index in [0.717, 1.165) is 23.7 Å². The van der Waals surface area contributed by atoms with Gasteiger partial charge in [-0.1, -0.05) is 42.3 Å². The quantitative estimate of drug-likeness (QED) is 0.826. The van der Waals surface area contributed by atoms with Crippen molar-refractivity contribution in [2.24, 2.45) is 11.7 Å². The first kappa shape index (κ1) is 12.7. The molecule has 0 aromatic carbocycles. The zero-order valence-electron chi connectivity index (χ0n) is 9.18. The Morgan fingerprint density at radius 2 is 2.40 bits per heavy atom. The highest BCUT2D eigenvalue weighted by molar-refractivity contribution is 9.11. The van der Waals surface area contributed by atoms with Crippen LogP contribution in [0.4, 0.5) is 0 Å². The number of nitrogens with one attached hydrogen (secondary N) is 1. The first-order chi connectivity index (χ1) is 6.94. The second-order valence-electron chi connectivity index (χ2n) is 4.56. The summed E-state index contributed by atoms with van der Waals surface area (Å²) >= 11 is 3.21. The van der Waals surface area contributed by atoms with Crippen LogP contribution in [-0.4, -0.2) is 18.0 Å². The molecule has 3 nitrogen and oxygen atoms in total. The number of carbonyl (C=O) groups excluding carboxylic acids is 1. The lowest BCUT2D eigenvalue weighted by Crippen LogP contribution is -2.56. The van der Waals surface area contributed by atoms with Gasteiger partial charge in [-0.25, -0.2) is 0 Å². The Hall–Kier alpha value is -0.350. The SMILES string of the molecule is C=C(Br)CNC(=O)C1(N)CCCC(C)C1. The summed E-state index contributed by atoms with van der Waals surface area (Å²) in [6, 6.07) is 0. The van der Waals surface area contributed by atoms with Crippen LogP contribution in [-0.2, 0) is 4.79 Å². The predicted octanol–water partition coefficient (Wildman–Crippen LogP) is 1.92. The van der Waals surface area contributed by atoms with Crippen LogP contribution >= 0.6 is 15.9 Å². The summed E-state index contributed by atoms with van der Waals surface area (Å²) in [5.74, 6) is 0.497. The molecule has 1 rings (SSSR count). The van der Waals surface area contributed by atoms with E-state index in [1.54, 1.807) is 0 Å². The van der Waals surface area contributed by atoms with Gasteiger partial charge in [-0.2, -0.15) is 0 Å². The standard InChI is InChI=1S/C11H19BrN2O/c1-8-4-3-5-11(13,6-8)10(15)14-7-9(2)12/h8H,2-7,13H2,1H3,(H,14,15). The topological polar surface area (TPSA) is 55.1 Å². The van der Waals surface area contributed by atoms with Crippen LogP contribution in [0, 0.1) is 5.92 Å². The molecule has 0 aliphatic heterocycles. The number of rotatable bonds is 3. The fraction of sp³-hybridized carbons (Fsp3) is 0.727. The van der Waals surface area contributed by atoms with Crippen LogP contribution in [0.25, 0.3) is 0 Å². The van der Waals surface area contributed by atoms with E-state index in [-0.39, 0.29) is 5.91 Å². The number of amides is 1. The first-order valence-electron chi connectivity index (χ1n) is 5.34. The zero-order chi connectivity index (χ0) is 11.5. The van der Waals surface area contributed by atoms with E-state index in [1.165, 1.54) is 6.42 Å². The number of nitrogens with two attached hydrogens (primary N) is 1. The minimum absolute atomic E-state index is 0.0466. The van der Waals surface area contributed by atoms with Crippen molar-refractivity contribution in [1.29, 1.82) is 0 Å². The second kappa shape index (κ2) is 5.12. The Kier molecular flexibility index (Phi) is 4.34. The molecule has 15 heavy (non-hydrogen) atoms. The van der Waals surface area contributed by atoms with Crippen LogP contribution < -0.4 is 11.1 Å². The van der Waals surface area contributed by atoms with Crippen molar-refractivity contribution in [2.45, 2.75) is 38.1 Å². The number of hydrogen-bond acceptors (Lipinski definition) is 2. The molecule has 0 heterocycles. The zero-order valence-corrected chi connectivity index (χ0v) is 10.8. The van der Waals surface area contributed by atoms with Gasteiger partial charge >= 0.3 is 0 Å². The third-order valence-electron chi connectivity index (χ3n) is 2.93. The lowest BCUT2D eigenvalue weighted by atomic mass is 9.76. The van der Waals surface area contributed by atoms with Crippen LogP contribution in [0.1, 0.15) is 32.6 Å². The van der Waals surface area contributed by atoms with E-state index >= 15 is 0 Å². The maximum absolute atomic E-state index is 11.9. The largest absolute Gasteiger partial charge is 0.350 e. The molecule has 1 aliphatic carbocycles. The van der Waals surface area contributed by atoms with Gasteiger partial charge in [0.25, 0.3) is 0 Å². The number of halogens is 1. The van der Waals surface area contributed by atoms with Gasteiger partial charge in [0.1, 0.15) is 0 Å². The van der Waals surface area contributed by atoms with E-state index in [2.05, 4.69) is 34.7 Å². The number of hydrogen-bond donors (Lipinski definition) is 2. The highest BCUT2D eigenvalue weighted by Crippen LogP contribution is 2.30. The van der Waals surface area contributed by atoms with Crippen LogP contribution in [0.3, 0.4) is 0 Å². The molecule has 3 N–H and O–H groups in total. The Labute approximate surface area is 99.6 Å². The molecular weight excluding hydrogens is 256 g/mol. The normalized spacial score (nSPS) is 31.0. The molecule has 4 heteroatoms. The summed E-state index contributed by atoms with van der Waals surface area (Å²) in [6.07, 6.45) is 3.79. The molecule has 0 bridgehead atoms. The van der Waals surface area contributed by atoms with Crippen molar-refractivity contribution < 1.29 is 4.79 Å². The van der Waals surface area contributed by atoms with Gasteiger partial charge in [0.2, 0.25) is 5.91 Å². The Balaban J connectivity index is 2.52. The molecule has 0 saturated heterocycles. The number of carbonyl (C=O) groups is 1. The Bertz CT molecular complexity index is 267. The van der Waals surface area contributed by atoms with Crippen LogP contribution in [0.15, 0.2) is 11.1 Å². The van der Waals surface area contributed by atoms with Crippen LogP contribution in [0.2, 0.25) is 0 Å². The minimum atomic E-state index is -0.667. The Morgan fingerprint density at radius 3 is 2.93 bits per heavy atom. The second-order valence-corrected chi connectivity index (χ2v) is 5.68. The monoisotopic (exact) mass is 274 g/mol. The molecule has 2 atom stereocenters. The first-order valence-corrected chi connectivity index (χ1v) is 6.14. The smallest absolute Gasteiger partial charge is 0.240 e. The summed E-state index contributed by atoms with van der Waals surface area (Å²) < 4.78 is 0.767. The maximum atomic E-state index is 11.9. The van der Waals surface area contributed by atoms with Crippen molar-refractivity contribution >= 4 is 21.8 Å². The molecule has 0 radical (unpaired) electrons. The minimum Gasteiger partial charge on any atom is -0.350 e. The highest BCUT2D eigenvalue weighted by atomic mass is 79.9. The lowest BCUT2D eigenvalue weighted by Gasteiger charge is -2.35. The summed E-state index contributed by atoms with van der Waals surface area (Å²) in [5, 5.41) is 2.80. The van der Waals surface area contributed by atoms with Gasteiger partial charge in [-0.05, 0) is 18.8 Å². The van der Waals surface area contributed by atoms with E-state index in [1.807, 2.05) is 0 Å². The summed E-state index contributed by atoms with van der Waals surface area (Å²) in [6.45, 7) is 6.27. The van der Waals surface area contributed by atoms with Crippen molar-refractivity contribution in [3.63, 3.8) is 0 Å². The average molecular weight is 275 g/mol. The molecule has 2 unspecified atom stereocenters. The third kappa shape index (κ3) is 3.61. The van der Waals surface area contributed by atoms with E-state index in [9.17, 15) is 4.79 Å². The molecule has 1 fully saturated rings. The molecule has 0 spiro atoms. The van der Waals surface area contributed by atoms with Crippen molar-refractivity contribution in [1.82, 2.24) is 5.32 Å². The Morgan fingerprint density at radius 1 is 1.73 bits per heavy atom. The summed E-state index contributed by atoms with van der Waals surface area (Å²) in [7, 11) is 0. The molecule has 0 aromatic rings. The molecule has 1 amide bonds. The molecule has 1 saturated carbocycles. The van der Waals surface area contributed by atoms with Gasteiger partial charge in [0.05, 0.1) is 5.54 Å². The van der Waals surface area contributed by atoms with E-state index in [4.69, 9.17) is 5.73 Å². The highest BCUT2D eigenvalue weighted by Gasteiger charge is 2.37. The molecule has 0 aromatic heterocycles. The maximum Gasteiger partial charge on any atom is 0.240 e. The van der Waals surface area contributed by atoms with Crippen molar-refractivity contribution in [2.75, 3.05) is 6.54 Å². The molecule has 1 aliphatic rings. The predicted molar refractivity (Wildman–Crippen MR) is 65.6 cm³/mol. The van der Waals surface area contributed by atoms with Gasteiger partial charge in [-0.15, -0.1) is 0 Å². The van der Waals surface area contributed by atoms with Crippen LogP contribution in [0.5, 0.6) is 0 Å².